The molecule has 26 heavy (non-hydrogen) atoms. The Hall–Kier alpha value is -3.13. The highest BCUT2D eigenvalue weighted by Gasteiger charge is 2.21. The van der Waals surface area contributed by atoms with Gasteiger partial charge in [-0.3, -0.25) is 20.2 Å². The lowest BCUT2D eigenvalue weighted by Gasteiger charge is -2.07. The molecule has 0 radical (unpaired) electrons. The third-order valence-corrected chi connectivity index (χ3v) is 4.74. The van der Waals surface area contributed by atoms with Gasteiger partial charge in [0.15, 0.2) is 0 Å². The zero-order valence-electron chi connectivity index (χ0n) is 14.4. The van der Waals surface area contributed by atoms with Gasteiger partial charge in [0.2, 0.25) is 5.13 Å². The maximum Gasteiger partial charge on any atom is 0.282 e. The van der Waals surface area contributed by atoms with Crippen molar-refractivity contribution < 1.29 is 9.72 Å². The molecule has 0 saturated heterocycles. The smallest absolute Gasteiger partial charge is 0.282 e. The molecule has 0 atom stereocenters. The molecule has 132 valence electrons. The van der Waals surface area contributed by atoms with E-state index in [4.69, 9.17) is 0 Å². The predicted octanol–water partition coefficient (Wildman–Crippen LogP) is 4.29. The molecule has 0 spiro atoms. The highest BCUT2D eigenvalue weighted by atomic mass is 32.1. The van der Waals surface area contributed by atoms with Crippen LogP contribution in [0.25, 0.3) is 10.6 Å². The molecule has 3 aromatic rings. The molecule has 1 N–H and O–H groups in total. The SMILES string of the molecule is Cc1cc(C)c(-c2nnc(NC(=O)c3ccccc3[N+](=O)[O-])s2)c(C)c1. The molecule has 1 amide bonds. The number of nitrogens with zero attached hydrogens (tertiary/aromatic N) is 3. The van der Waals surface area contributed by atoms with Gasteiger partial charge in [-0.25, -0.2) is 0 Å². The average molecular weight is 368 g/mol. The van der Waals surface area contributed by atoms with Gasteiger partial charge in [-0.1, -0.05) is 41.2 Å². The monoisotopic (exact) mass is 368 g/mol. The van der Waals surface area contributed by atoms with E-state index in [1.165, 1.54) is 29.5 Å². The van der Waals surface area contributed by atoms with Crippen LogP contribution in [0.2, 0.25) is 0 Å². The Bertz CT molecular complexity index is 990. The summed E-state index contributed by atoms with van der Waals surface area (Å²) >= 11 is 1.23. The predicted molar refractivity (Wildman–Crippen MR) is 101 cm³/mol. The molecule has 1 aromatic heterocycles. The minimum absolute atomic E-state index is 0.0167. The van der Waals surface area contributed by atoms with Crippen molar-refractivity contribution in [2.75, 3.05) is 5.32 Å². The number of nitro groups is 1. The molecule has 0 fully saturated rings. The van der Waals surface area contributed by atoms with E-state index in [0.29, 0.717) is 10.1 Å². The molecule has 1 heterocycles. The van der Waals surface area contributed by atoms with Gasteiger partial charge in [-0.05, 0) is 38.0 Å². The number of anilines is 1. The number of hydrogen-bond acceptors (Lipinski definition) is 6. The topological polar surface area (TPSA) is 98.0 Å². The highest BCUT2D eigenvalue weighted by Crippen LogP contribution is 2.32. The van der Waals surface area contributed by atoms with Crippen LogP contribution in [0.15, 0.2) is 36.4 Å². The highest BCUT2D eigenvalue weighted by molar-refractivity contribution is 7.18. The van der Waals surface area contributed by atoms with Gasteiger partial charge in [0.05, 0.1) is 4.92 Å². The lowest BCUT2D eigenvalue weighted by Crippen LogP contribution is -2.13. The van der Waals surface area contributed by atoms with Gasteiger partial charge in [-0.15, -0.1) is 10.2 Å². The molecule has 0 bridgehead atoms. The second-order valence-electron chi connectivity index (χ2n) is 5.91. The lowest BCUT2D eigenvalue weighted by molar-refractivity contribution is -0.385. The molecule has 0 aliphatic rings. The standard InChI is InChI=1S/C18H16N4O3S/c1-10-8-11(2)15(12(3)9-10)17-20-21-18(26-17)19-16(23)13-6-4-5-7-14(13)22(24)25/h4-9H,1-3H3,(H,19,21,23). The van der Waals surface area contributed by atoms with Gasteiger partial charge >= 0.3 is 0 Å². The van der Waals surface area contributed by atoms with Gasteiger partial charge in [0, 0.05) is 11.6 Å². The Morgan fingerprint density at radius 3 is 2.42 bits per heavy atom. The number of para-hydroxylation sites is 1. The summed E-state index contributed by atoms with van der Waals surface area (Å²) in [6.07, 6.45) is 0. The fraction of sp³-hybridized carbons (Fsp3) is 0.167. The number of carbonyl (C=O) groups is 1. The van der Waals surface area contributed by atoms with Crippen molar-refractivity contribution in [3.8, 4) is 10.6 Å². The number of amides is 1. The zero-order valence-corrected chi connectivity index (χ0v) is 15.3. The first-order chi connectivity index (χ1) is 12.4. The summed E-state index contributed by atoms with van der Waals surface area (Å²) in [6, 6.07) is 9.92. The molecule has 2 aromatic carbocycles. The number of rotatable bonds is 4. The molecule has 0 saturated carbocycles. The number of nitrogens with one attached hydrogen (secondary N) is 1. The minimum Gasteiger partial charge on any atom is -0.296 e. The summed E-state index contributed by atoms with van der Waals surface area (Å²) in [6.45, 7) is 6.03. The Morgan fingerprint density at radius 2 is 1.77 bits per heavy atom. The van der Waals surface area contributed by atoms with Crippen LogP contribution < -0.4 is 5.32 Å². The van der Waals surface area contributed by atoms with E-state index >= 15 is 0 Å². The van der Waals surface area contributed by atoms with E-state index in [9.17, 15) is 14.9 Å². The molecule has 7 nitrogen and oxygen atoms in total. The largest absolute Gasteiger partial charge is 0.296 e. The van der Waals surface area contributed by atoms with E-state index in [1.807, 2.05) is 20.8 Å². The maximum absolute atomic E-state index is 12.4. The zero-order chi connectivity index (χ0) is 18.8. The van der Waals surface area contributed by atoms with E-state index in [-0.39, 0.29) is 11.3 Å². The Balaban J connectivity index is 1.88. The first-order valence-corrected chi connectivity index (χ1v) is 8.65. The molecule has 0 unspecified atom stereocenters. The van der Waals surface area contributed by atoms with Crippen LogP contribution in [0.1, 0.15) is 27.0 Å². The average Bonchev–Trinajstić information content (AvgIpc) is 3.01. The van der Waals surface area contributed by atoms with Crippen molar-refractivity contribution in [3.05, 3.63) is 68.8 Å². The quantitative estimate of drug-likeness (QED) is 0.547. The van der Waals surface area contributed by atoms with Crippen LogP contribution >= 0.6 is 11.3 Å². The van der Waals surface area contributed by atoms with Crippen molar-refractivity contribution >= 4 is 28.1 Å². The van der Waals surface area contributed by atoms with Gasteiger partial charge in [0.1, 0.15) is 10.6 Å². The molecular formula is C18H16N4O3S. The number of benzene rings is 2. The summed E-state index contributed by atoms with van der Waals surface area (Å²) in [4.78, 5) is 22.9. The second-order valence-corrected chi connectivity index (χ2v) is 6.89. The summed E-state index contributed by atoms with van der Waals surface area (Å²) in [5.74, 6) is -0.586. The van der Waals surface area contributed by atoms with Gasteiger partial charge in [-0.2, -0.15) is 0 Å². The second kappa shape index (κ2) is 7.01. The van der Waals surface area contributed by atoms with Crippen LogP contribution in [-0.2, 0) is 0 Å². The van der Waals surface area contributed by atoms with Crippen LogP contribution in [0.5, 0.6) is 0 Å². The number of carbonyl (C=O) groups excluding carboxylic acids is 1. The molecule has 0 aliphatic carbocycles. The summed E-state index contributed by atoms with van der Waals surface area (Å²) in [7, 11) is 0. The van der Waals surface area contributed by atoms with E-state index in [1.54, 1.807) is 6.07 Å². The number of nitro benzene ring substituents is 1. The normalized spacial score (nSPS) is 10.6. The first kappa shape index (κ1) is 17.7. The molecule has 0 aliphatic heterocycles. The Morgan fingerprint density at radius 1 is 1.12 bits per heavy atom. The van der Waals surface area contributed by atoms with Crippen LogP contribution in [0.4, 0.5) is 10.8 Å². The van der Waals surface area contributed by atoms with Crippen LogP contribution in [0.3, 0.4) is 0 Å². The summed E-state index contributed by atoms with van der Waals surface area (Å²) < 4.78 is 0. The van der Waals surface area contributed by atoms with Crippen molar-refractivity contribution in [1.82, 2.24) is 10.2 Å². The van der Waals surface area contributed by atoms with Gasteiger partial charge in [0.25, 0.3) is 11.6 Å². The molecule has 3 rings (SSSR count). The third kappa shape index (κ3) is 3.45. The lowest BCUT2D eigenvalue weighted by atomic mass is 10.0. The van der Waals surface area contributed by atoms with Gasteiger partial charge < -0.3 is 0 Å². The van der Waals surface area contributed by atoms with E-state index in [0.717, 1.165) is 22.3 Å². The van der Waals surface area contributed by atoms with Crippen molar-refractivity contribution in [2.24, 2.45) is 0 Å². The fourth-order valence-corrected chi connectivity index (χ4v) is 3.80. The van der Waals surface area contributed by atoms with Crippen LogP contribution in [-0.4, -0.2) is 21.0 Å². The fourth-order valence-electron chi connectivity index (χ4n) is 2.88. The molecule has 8 heteroatoms. The number of hydrogen-bond donors (Lipinski definition) is 1. The third-order valence-electron chi connectivity index (χ3n) is 3.88. The van der Waals surface area contributed by atoms with E-state index < -0.39 is 10.8 Å². The van der Waals surface area contributed by atoms with Crippen molar-refractivity contribution in [2.45, 2.75) is 20.8 Å². The maximum atomic E-state index is 12.4. The summed E-state index contributed by atoms with van der Waals surface area (Å²) in [5, 5.41) is 22.8. The Kier molecular flexibility index (Phi) is 4.77. The summed E-state index contributed by atoms with van der Waals surface area (Å²) in [5.41, 5.74) is 4.04. The Labute approximate surface area is 153 Å². The van der Waals surface area contributed by atoms with Crippen LogP contribution in [0, 0.1) is 30.9 Å². The minimum atomic E-state index is -0.586. The van der Waals surface area contributed by atoms with Crippen molar-refractivity contribution in [1.29, 1.82) is 0 Å². The molecular weight excluding hydrogens is 352 g/mol. The number of aromatic nitrogens is 2. The first-order valence-electron chi connectivity index (χ1n) is 7.83. The van der Waals surface area contributed by atoms with Crippen molar-refractivity contribution in [3.63, 3.8) is 0 Å². The van der Waals surface area contributed by atoms with E-state index in [2.05, 4.69) is 27.6 Å². The number of aryl methyl sites for hydroxylation is 3.